The van der Waals surface area contributed by atoms with Gasteiger partial charge < -0.3 is 35.0 Å². The second-order valence-corrected chi connectivity index (χ2v) is 24.2. The Morgan fingerprint density at radius 3 is 1.98 bits per heavy atom. The molecule has 2 amide bonds. The molecule has 0 aromatic heterocycles. The summed E-state index contributed by atoms with van der Waals surface area (Å²) in [5.41, 5.74) is 7.19. The van der Waals surface area contributed by atoms with Crippen molar-refractivity contribution in [2.75, 3.05) is 20.2 Å². The van der Waals surface area contributed by atoms with E-state index < -0.39 is 58.0 Å². The summed E-state index contributed by atoms with van der Waals surface area (Å²) in [6.07, 6.45) is 16.1. The van der Waals surface area contributed by atoms with Crippen LogP contribution in [0.2, 0.25) is 0 Å². The number of ether oxygens (including phenoxy) is 4. The first-order valence-corrected chi connectivity index (χ1v) is 23.4. The number of hydrogen-bond donors (Lipinski definition) is 4. The first-order chi connectivity index (χ1) is 29.5. The average molecular weight is 886 g/mol. The zero-order valence-corrected chi connectivity index (χ0v) is 40.8. The molecule has 3 heterocycles. The van der Waals surface area contributed by atoms with Gasteiger partial charge in [-0.25, -0.2) is 29.5 Å². The van der Waals surface area contributed by atoms with Crippen molar-refractivity contribution in [3.05, 3.63) is 70.6 Å². The molecule has 0 spiro atoms. The Hall–Kier alpha value is -4.36. The number of allylic oxidation sites excluding steroid dienone is 2. The second kappa shape index (κ2) is 16.2. The van der Waals surface area contributed by atoms with Crippen molar-refractivity contribution < 1.29 is 38.1 Å². The number of carbonyl (C=O) groups excluding carboxylic acids is 4. The Labute approximate surface area is 381 Å². The van der Waals surface area contributed by atoms with E-state index in [1.165, 1.54) is 7.11 Å². The van der Waals surface area contributed by atoms with Gasteiger partial charge in [0.05, 0.1) is 24.3 Å². The number of amides is 2. The summed E-state index contributed by atoms with van der Waals surface area (Å²) in [7, 11) is 1.41. The summed E-state index contributed by atoms with van der Waals surface area (Å²) >= 11 is 0. The third-order valence-electron chi connectivity index (χ3n) is 14.1. The van der Waals surface area contributed by atoms with Crippen molar-refractivity contribution in [2.45, 2.75) is 181 Å². The molecule has 1 aromatic rings. The van der Waals surface area contributed by atoms with Crippen LogP contribution >= 0.6 is 0 Å². The lowest BCUT2D eigenvalue weighted by molar-refractivity contribution is -0.199. The third-order valence-corrected chi connectivity index (χ3v) is 14.1. The lowest BCUT2D eigenvalue weighted by atomic mass is 9.34. The van der Waals surface area contributed by atoms with Crippen molar-refractivity contribution in [2.24, 2.45) is 21.7 Å². The van der Waals surface area contributed by atoms with Crippen LogP contribution in [0.3, 0.4) is 0 Å². The fourth-order valence-electron chi connectivity index (χ4n) is 13.9. The second-order valence-electron chi connectivity index (χ2n) is 24.2. The van der Waals surface area contributed by atoms with Crippen LogP contribution in [0.15, 0.2) is 53.9 Å². The van der Waals surface area contributed by atoms with E-state index in [9.17, 15) is 19.2 Å². The van der Waals surface area contributed by atoms with E-state index in [1.807, 2.05) is 45.2 Å². The van der Waals surface area contributed by atoms with Gasteiger partial charge >= 0.3 is 24.1 Å². The van der Waals surface area contributed by atoms with Crippen molar-refractivity contribution in [1.29, 1.82) is 0 Å². The van der Waals surface area contributed by atoms with Crippen LogP contribution in [-0.4, -0.2) is 77.1 Å². The third kappa shape index (κ3) is 9.62. The van der Waals surface area contributed by atoms with Gasteiger partial charge in [0.2, 0.25) is 0 Å². The molecule has 4 saturated carbocycles. The van der Waals surface area contributed by atoms with E-state index in [4.69, 9.17) is 18.9 Å². The number of carbonyl (C=O) groups is 4. The van der Waals surface area contributed by atoms with Crippen LogP contribution in [0.5, 0.6) is 0 Å². The molecule has 4 bridgehead atoms. The normalized spacial score (nSPS) is 32.9. The summed E-state index contributed by atoms with van der Waals surface area (Å²) in [6.45, 7) is 24.5. The van der Waals surface area contributed by atoms with Crippen LogP contribution in [-0.2, 0) is 30.2 Å². The zero-order valence-electron chi connectivity index (χ0n) is 40.8. The molecule has 4 aliphatic carbocycles. The molecule has 0 radical (unpaired) electrons. The summed E-state index contributed by atoms with van der Waals surface area (Å²) < 4.78 is 22.7. The topological polar surface area (TPSA) is 157 Å². The van der Waals surface area contributed by atoms with Gasteiger partial charge in [-0.15, -0.1) is 0 Å². The molecule has 4 N–H and O–H groups in total. The minimum Gasteiger partial charge on any atom is -0.465 e. The number of imide groups is 1. The molecular weight excluding hydrogens is 811 g/mol. The molecular formula is C51H75N5O8. The van der Waals surface area contributed by atoms with Gasteiger partial charge in [-0.2, -0.15) is 0 Å². The minimum absolute atomic E-state index is 0.00460. The maximum absolute atomic E-state index is 14.0. The van der Waals surface area contributed by atoms with E-state index in [0.29, 0.717) is 24.2 Å². The summed E-state index contributed by atoms with van der Waals surface area (Å²) in [6, 6.07) is 5.34. The quantitative estimate of drug-likeness (QED) is 0.131. The van der Waals surface area contributed by atoms with Crippen molar-refractivity contribution in [1.82, 2.24) is 26.4 Å². The predicted molar refractivity (Wildman–Crippen MR) is 246 cm³/mol. The van der Waals surface area contributed by atoms with Crippen LogP contribution in [0.4, 0.5) is 9.59 Å². The summed E-state index contributed by atoms with van der Waals surface area (Å²) in [5, 5.41) is 7.56. The largest absolute Gasteiger partial charge is 0.465 e. The lowest BCUT2D eigenvalue weighted by Gasteiger charge is -2.71. The molecule has 8 rings (SSSR count). The van der Waals surface area contributed by atoms with Gasteiger partial charge in [0.1, 0.15) is 28.0 Å². The highest BCUT2D eigenvalue weighted by Gasteiger charge is 2.67. The van der Waals surface area contributed by atoms with Crippen molar-refractivity contribution >= 4 is 24.1 Å². The molecule has 352 valence electrons. The van der Waals surface area contributed by atoms with Crippen LogP contribution < -0.4 is 21.5 Å². The smallest absolute Gasteiger partial charge is 0.419 e. The Kier molecular flexibility index (Phi) is 12.1. The van der Waals surface area contributed by atoms with Crippen LogP contribution in [0.25, 0.3) is 0 Å². The van der Waals surface area contributed by atoms with Crippen molar-refractivity contribution in [3.8, 4) is 0 Å². The maximum atomic E-state index is 14.0. The van der Waals surface area contributed by atoms with E-state index in [1.54, 1.807) is 47.6 Å². The molecule has 5 atom stereocenters. The molecule has 4 fully saturated rings. The first kappa shape index (κ1) is 47.6. The number of methoxy groups -OCH3 is 1. The van der Waals surface area contributed by atoms with Gasteiger partial charge in [-0.1, -0.05) is 38.1 Å². The van der Waals surface area contributed by atoms with Gasteiger partial charge in [0.15, 0.2) is 0 Å². The minimum atomic E-state index is -1.04. The van der Waals surface area contributed by atoms with E-state index >= 15 is 0 Å². The molecule has 13 heteroatoms. The van der Waals surface area contributed by atoms with E-state index in [0.717, 1.165) is 79.4 Å². The fraction of sp³-hybridized carbons (Fsp3) is 0.686. The Morgan fingerprint density at radius 2 is 1.39 bits per heavy atom. The van der Waals surface area contributed by atoms with Gasteiger partial charge in [0.25, 0.3) is 0 Å². The van der Waals surface area contributed by atoms with Gasteiger partial charge in [-0.3, -0.25) is 0 Å². The zero-order chi connectivity index (χ0) is 46.9. The van der Waals surface area contributed by atoms with E-state index in [2.05, 4.69) is 54.4 Å². The number of nitrogens with zero attached hydrogens (tertiary/aromatic N) is 1. The Morgan fingerprint density at radius 1 is 0.781 bits per heavy atom. The van der Waals surface area contributed by atoms with Crippen LogP contribution in [0, 0.1) is 21.7 Å². The number of rotatable bonds is 10. The number of dihydropyridines is 1. The van der Waals surface area contributed by atoms with Gasteiger partial charge in [0, 0.05) is 12.7 Å². The lowest BCUT2D eigenvalue weighted by Crippen LogP contribution is -2.65. The first-order valence-electron chi connectivity index (χ1n) is 23.4. The number of nitrogens with one attached hydrogen (secondary N) is 4. The fourth-order valence-corrected chi connectivity index (χ4v) is 13.9. The monoisotopic (exact) mass is 886 g/mol. The highest BCUT2D eigenvalue weighted by molar-refractivity contribution is 5.92. The van der Waals surface area contributed by atoms with Gasteiger partial charge in [-0.05, 0) is 190 Å². The van der Waals surface area contributed by atoms with Crippen molar-refractivity contribution in [3.63, 3.8) is 0 Å². The standard InChI is InChI=1S/C51H75N5O8/c1-43(2,3)62-40(58)35-19-15-22-51(54-35,38-37-33(20-23-52-38)17-14-18-34(37)39(57)61-13)36-25-53-55-48(36,12)31-50-29-46(10)26-47(11,30-50)28-49(27-46,32-50)21-16-24-56(41(59)63-44(4,5)6)42(60)64-45(7,8)9/h14-15,17-19,22,25,38,52-55H,16,20-21,23-24,26-32H2,1-13H3. The number of fused-ring (bicyclic) bond motifs is 1. The molecule has 64 heavy (non-hydrogen) atoms. The Balaban J connectivity index is 1.23. The number of hydrogen-bond acceptors (Lipinski definition) is 12. The number of esters is 2. The van der Waals surface area contributed by atoms with E-state index in [-0.39, 0.29) is 28.2 Å². The van der Waals surface area contributed by atoms with Crippen LogP contribution in [0.1, 0.15) is 168 Å². The highest BCUT2D eigenvalue weighted by Crippen LogP contribution is 2.76. The maximum Gasteiger partial charge on any atom is 0.419 e. The molecule has 1 aromatic carbocycles. The highest BCUT2D eigenvalue weighted by atomic mass is 16.6. The molecule has 5 unspecified atom stereocenters. The molecule has 13 nitrogen and oxygen atoms in total. The number of hydrazine groups is 1. The molecule has 3 aliphatic heterocycles. The Bertz CT molecular complexity index is 2090. The molecule has 7 aliphatic rings. The summed E-state index contributed by atoms with van der Waals surface area (Å²) in [5.74, 6) is -0.871. The predicted octanol–water partition coefficient (Wildman–Crippen LogP) is 9.24. The number of benzene rings is 1. The molecule has 0 saturated heterocycles. The SMILES string of the molecule is COC(=O)c1cccc2c1C(C1(C3=CNNC3(C)CC34CC5(C)CC(C)(CC(CCCN(C(=O)OC(C)(C)C)C(=O)OC(C)(C)C)(C5)C3)C4)C=CC=C(C(=O)OC(C)(C)C)N1)NCC2. The summed E-state index contributed by atoms with van der Waals surface area (Å²) in [4.78, 5) is 55.6. The average Bonchev–Trinajstić information content (AvgIpc) is 3.52.